The number of hydrogen-bond donors (Lipinski definition) is 1. The Kier molecular flexibility index (Phi) is 6.28. The third-order valence-electron chi connectivity index (χ3n) is 8.71. The van der Waals surface area contributed by atoms with E-state index in [4.69, 9.17) is 34.8 Å². The first-order valence-corrected chi connectivity index (χ1v) is 14.5. The summed E-state index contributed by atoms with van der Waals surface area (Å²) in [7, 11) is 0. The zero-order valence-electron chi connectivity index (χ0n) is 22.1. The van der Waals surface area contributed by atoms with Crippen molar-refractivity contribution in [3.8, 4) is 0 Å². The Bertz CT molecular complexity index is 1820. The first kappa shape index (κ1) is 26.9. The molecular formula is C33H22Cl3N3O3. The molecule has 3 aliphatic carbocycles. The SMILES string of the molecule is Cc1ccc(N2C(=O)[C@@H]3[C@@H](C2=O)C2c4ccccc4C3(/C=N\NC(=O)c3ccc(Cl)cc3Cl)c3ccccc32)cc1Cl. The molecule has 4 aliphatic rings. The predicted molar refractivity (Wildman–Crippen MR) is 164 cm³/mol. The molecule has 8 rings (SSSR count). The quantitative estimate of drug-likeness (QED) is 0.154. The summed E-state index contributed by atoms with van der Waals surface area (Å²) in [4.78, 5) is 43.0. The largest absolute Gasteiger partial charge is 0.274 e. The number of hydrazone groups is 1. The van der Waals surface area contributed by atoms with E-state index in [0.29, 0.717) is 15.7 Å². The third-order valence-corrected chi connectivity index (χ3v) is 9.66. The number of carbonyl (C=O) groups is 3. The van der Waals surface area contributed by atoms with Gasteiger partial charge < -0.3 is 0 Å². The first-order chi connectivity index (χ1) is 20.2. The van der Waals surface area contributed by atoms with Gasteiger partial charge in [-0.2, -0.15) is 5.10 Å². The van der Waals surface area contributed by atoms with Crippen LogP contribution in [0, 0.1) is 18.8 Å². The number of nitrogens with zero attached hydrogens (tertiary/aromatic N) is 2. The number of imide groups is 1. The summed E-state index contributed by atoms with van der Waals surface area (Å²) in [5, 5.41) is 5.48. The fourth-order valence-corrected chi connectivity index (χ4v) is 7.62. The lowest BCUT2D eigenvalue weighted by atomic mass is 9.47. The van der Waals surface area contributed by atoms with Crippen LogP contribution in [0.5, 0.6) is 0 Å². The van der Waals surface area contributed by atoms with Crippen molar-refractivity contribution in [3.05, 3.63) is 133 Å². The summed E-state index contributed by atoms with van der Waals surface area (Å²) in [5.41, 5.74) is 6.61. The molecule has 1 N–H and O–H groups in total. The van der Waals surface area contributed by atoms with Crippen molar-refractivity contribution in [2.45, 2.75) is 18.3 Å². The molecule has 2 atom stereocenters. The van der Waals surface area contributed by atoms with Crippen molar-refractivity contribution in [1.29, 1.82) is 0 Å². The van der Waals surface area contributed by atoms with Crippen LogP contribution in [0.4, 0.5) is 5.69 Å². The second-order valence-electron chi connectivity index (χ2n) is 10.8. The van der Waals surface area contributed by atoms with Crippen molar-refractivity contribution >= 4 is 64.4 Å². The Morgan fingerprint density at radius 2 is 1.52 bits per heavy atom. The van der Waals surface area contributed by atoms with E-state index in [1.165, 1.54) is 17.0 Å². The highest BCUT2D eigenvalue weighted by molar-refractivity contribution is 6.36. The zero-order chi connectivity index (χ0) is 29.3. The standard InChI is InChI=1S/C33H22Cl3N3O3/c1-17-10-12-19(15-25(17)35)39-31(41)28-27-20-6-2-4-8-23(20)33(29(28)32(39)42,24-9-5-3-7-21(24)27)16-37-38-30(40)22-13-11-18(34)14-26(22)36/h2-16,27-29H,1H3,(H,38,40)/b37-16-/t27?,28-,29-,33?/m0/s1. The fourth-order valence-electron chi connectivity index (χ4n) is 6.95. The molecule has 208 valence electrons. The molecule has 1 fully saturated rings. The summed E-state index contributed by atoms with van der Waals surface area (Å²) in [6.07, 6.45) is 1.61. The first-order valence-electron chi connectivity index (χ1n) is 13.4. The Labute approximate surface area is 256 Å². The Morgan fingerprint density at radius 3 is 2.17 bits per heavy atom. The summed E-state index contributed by atoms with van der Waals surface area (Å²) in [6.45, 7) is 1.87. The minimum absolute atomic E-state index is 0.186. The topological polar surface area (TPSA) is 78.8 Å². The van der Waals surface area contributed by atoms with Gasteiger partial charge in [-0.1, -0.05) is 89.4 Å². The molecule has 2 bridgehead atoms. The molecule has 6 nitrogen and oxygen atoms in total. The lowest BCUT2D eigenvalue weighted by molar-refractivity contribution is -0.122. The molecule has 9 heteroatoms. The number of benzene rings is 4. The average Bonchev–Trinajstić information content (AvgIpc) is 3.25. The summed E-state index contributed by atoms with van der Waals surface area (Å²) < 4.78 is 0. The average molecular weight is 615 g/mol. The van der Waals surface area contributed by atoms with E-state index in [-0.39, 0.29) is 28.3 Å². The van der Waals surface area contributed by atoms with Crippen LogP contribution in [0.25, 0.3) is 0 Å². The molecule has 0 unspecified atom stereocenters. The van der Waals surface area contributed by atoms with Gasteiger partial charge in [0.25, 0.3) is 5.91 Å². The minimum atomic E-state index is -1.13. The molecule has 4 aromatic rings. The summed E-state index contributed by atoms with van der Waals surface area (Å²) in [5.74, 6) is -2.93. The molecule has 0 spiro atoms. The maximum Gasteiger partial charge on any atom is 0.272 e. The van der Waals surface area contributed by atoms with Crippen LogP contribution < -0.4 is 10.3 Å². The van der Waals surface area contributed by atoms with Crippen LogP contribution in [-0.4, -0.2) is 23.9 Å². The van der Waals surface area contributed by atoms with E-state index in [1.807, 2.05) is 55.5 Å². The van der Waals surface area contributed by atoms with Crippen LogP contribution in [0.3, 0.4) is 0 Å². The van der Waals surface area contributed by atoms with Gasteiger partial charge in [0.05, 0.1) is 33.5 Å². The van der Waals surface area contributed by atoms with E-state index < -0.39 is 23.2 Å². The van der Waals surface area contributed by atoms with Crippen LogP contribution in [0.1, 0.15) is 44.1 Å². The fraction of sp³-hybridized carbons (Fsp3) is 0.152. The predicted octanol–water partition coefficient (Wildman–Crippen LogP) is 6.92. The highest BCUT2D eigenvalue weighted by atomic mass is 35.5. The Hall–Kier alpha value is -3.97. The van der Waals surface area contributed by atoms with Crippen molar-refractivity contribution in [2.75, 3.05) is 4.90 Å². The maximum absolute atomic E-state index is 14.4. The lowest BCUT2D eigenvalue weighted by Gasteiger charge is -2.52. The zero-order valence-corrected chi connectivity index (χ0v) is 24.4. The molecule has 1 aliphatic heterocycles. The van der Waals surface area contributed by atoms with Gasteiger partial charge in [0, 0.05) is 22.2 Å². The van der Waals surface area contributed by atoms with Gasteiger partial charge in [0.15, 0.2) is 0 Å². The molecule has 0 aromatic heterocycles. The van der Waals surface area contributed by atoms with Crippen LogP contribution >= 0.6 is 34.8 Å². The number of halogens is 3. The van der Waals surface area contributed by atoms with E-state index in [0.717, 1.165) is 27.8 Å². The van der Waals surface area contributed by atoms with Crippen LogP contribution in [0.2, 0.25) is 15.1 Å². The second kappa shape index (κ2) is 9.80. The monoisotopic (exact) mass is 613 g/mol. The normalized spacial score (nSPS) is 23.6. The molecule has 3 amide bonds. The maximum atomic E-state index is 14.4. The third kappa shape index (κ3) is 3.72. The number of aryl methyl sites for hydroxylation is 1. The van der Waals surface area contributed by atoms with Gasteiger partial charge in [-0.15, -0.1) is 0 Å². The number of rotatable bonds is 4. The Morgan fingerprint density at radius 1 is 0.857 bits per heavy atom. The van der Waals surface area contributed by atoms with E-state index in [1.54, 1.807) is 30.5 Å². The van der Waals surface area contributed by atoms with Crippen molar-refractivity contribution < 1.29 is 14.4 Å². The molecule has 0 saturated carbocycles. The molecule has 0 radical (unpaired) electrons. The molecule has 4 aromatic carbocycles. The highest BCUT2D eigenvalue weighted by Gasteiger charge is 2.68. The number of carbonyl (C=O) groups excluding carboxylic acids is 3. The number of hydrogen-bond acceptors (Lipinski definition) is 4. The van der Waals surface area contributed by atoms with E-state index >= 15 is 0 Å². The van der Waals surface area contributed by atoms with Gasteiger partial charge in [0.1, 0.15) is 0 Å². The summed E-state index contributed by atoms with van der Waals surface area (Å²) in [6, 6.07) is 25.4. The van der Waals surface area contributed by atoms with Crippen molar-refractivity contribution in [3.63, 3.8) is 0 Å². The minimum Gasteiger partial charge on any atom is -0.274 e. The number of anilines is 1. The lowest BCUT2D eigenvalue weighted by Crippen LogP contribution is -2.54. The smallest absolute Gasteiger partial charge is 0.272 e. The highest BCUT2D eigenvalue weighted by Crippen LogP contribution is 2.63. The van der Waals surface area contributed by atoms with Crippen LogP contribution in [-0.2, 0) is 15.0 Å². The van der Waals surface area contributed by atoms with E-state index in [9.17, 15) is 14.4 Å². The molecule has 42 heavy (non-hydrogen) atoms. The van der Waals surface area contributed by atoms with Gasteiger partial charge in [0.2, 0.25) is 11.8 Å². The van der Waals surface area contributed by atoms with Crippen molar-refractivity contribution in [2.24, 2.45) is 16.9 Å². The summed E-state index contributed by atoms with van der Waals surface area (Å²) >= 11 is 18.7. The van der Waals surface area contributed by atoms with Gasteiger partial charge >= 0.3 is 0 Å². The van der Waals surface area contributed by atoms with Gasteiger partial charge in [-0.25, -0.2) is 10.3 Å². The van der Waals surface area contributed by atoms with Gasteiger partial charge in [-0.3, -0.25) is 14.4 Å². The number of amides is 3. The molecule has 1 heterocycles. The van der Waals surface area contributed by atoms with Gasteiger partial charge in [-0.05, 0) is 65.1 Å². The molecular weight excluding hydrogens is 593 g/mol. The van der Waals surface area contributed by atoms with Crippen molar-refractivity contribution in [1.82, 2.24) is 5.43 Å². The second-order valence-corrected chi connectivity index (χ2v) is 12.0. The number of nitrogens with one attached hydrogen (secondary N) is 1. The van der Waals surface area contributed by atoms with Crippen LogP contribution in [0.15, 0.2) is 90.0 Å². The molecule has 1 saturated heterocycles. The van der Waals surface area contributed by atoms with E-state index in [2.05, 4.69) is 10.5 Å². The Balaban J connectivity index is 1.39.